The average molecular weight is 390 g/mol. The van der Waals surface area contributed by atoms with Crippen LogP contribution in [0.4, 0.5) is 0 Å². The van der Waals surface area contributed by atoms with E-state index in [0.29, 0.717) is 0 Å². The van der Waals surface area contributed by atoms with Gasteiger partial charge in [0.2, 0.25) is 0 Å². The molecule has 142 valence electrons. The molecule has 8 rings (SSSR count). The standard InChI is InChI=1S/C31H18/c1-17-22-7-4-5-9-25(22)27-16-20-11-10-19-14-18-6-2-3-8-24(18)26-15-21-12-13-23(17)31(27)30(21)29(20)28(19)26/h2-16H,1H3. The molecule has 0 fully saturated rings. The van der Waals surface area contributed by atoms with Crippen LogP contribution in [0, 0.1) is 6.92 Å². The molecule has 0 heterocycles. The maximum absolute atomic E-state index is 2.43. The Hall–Kier alpha value is -3.90. The minimum absolute atomic E-state index is 1.31. The van der Waals surface area contributed by atoms with Gasteiger partial charge in [-0.05, 0) is 106 Å². The molecule has 0 aliphatic rings. The van der Waals surface area contributed by atoms with Crippen LogP contribution in [0.5, 0.6) is 0 Å². The van der Waals surface area contributed by atoms with Gasteiger partial charge in [-0.1, -0.05) is 72.8 Å². The molecular formula is C31H18. The highest BCUT2D eigenvalue weighted by Gasteiger charge is 2.19. The Kier molecular flexibility index (Phi) is 2.68. The first-order valence-corrected chi connectivity index (χ1v) is 11.0. The van der Waals surface area contributed by atoms with Crippen LogP contribution in [0.1, 0.15) is 5.56 Å². The van der Waals surface area contributed by atoms with Crippen LogP contribution >= 0.6 is 0 Å². The Labute approximate surface area is 179 Å². The summed E-state index contributed by atoms with van der Waals surface area (Å²) in [5, 5.41) is 19.2. The fourth-order valence-electron chi connectivity index (χ4n) is 6.14. The zero-order chi connectivity index (χ0) is 20.3. The van der Waals surface area contributed by atoms with Crippen LogP contribution in [0.3, 0.4) is 0 Å². The van der Waals surface area contributed by atoms with Gasteiger partial charge in [0, 0.05) is 0 Å². The third-order valence-corrected chi connectivity index (χ3v) is 7.48. The second kappa shape index (κ2) is 5.22. The Morgan fingerprint density at radius 3 is 1.74 bits per heavy atom. The zero-order valence-electron chi connectivity index (χ0n) is 17.2. The summed E-state index contributed by atoms with van der Waals surface area (Å²) in [4.78, 5) is 0. The van der Waals surface area contributed by atoms with Crippen molar-refractivity contribution in [2.75, 3.05) is 0 Å². The number of hydrogen-bond donors (Lipinski definition) is 0. The van der Waals surface area contributed by atoms with Gasteiger partial charge in [0.15, 0.2) is 0 Å². The number of hydrogen-bond acceptors (Lipinski definition) is 0. The lowest BCUT2D eigenvalue weighted by Crippen LogP contribution is -1.92. The van der Waals surface area contributed by atoms with Crippen molar-refractivity contribution in [2.45, 2.75) is 6.92 Å². The summed E-state index contributed by atoms with van der Waals surface area (Å²) >= 11 is 0. The topological polar surface area (TPSA) is 0 Å². The number of benzene rings is 8. The molecule has 0 N–H and O–H groups in total. The Morgan fingerprint density at radius 1 is 0.355 bits per heavy atom. The van der Waals surface area contributed by atoms with E-state index in [-0.39, 0.29) is 0 Å². The summed E-state index contributed by atoms with van der Waals surface area (Å²) in [6.45, 7) is 2.28. The Balaban J connectivity index is 1.78. The summed E-state index contributed by atoms with van der Waals surface area (Å²) in [6.07, 6.45) is 0. The van der Waals surface area contributed by atoms with Gasteiger partial charge in [-0.2, -0.15) is 0 Å². The molecule has 0 heteroatoms. The summed E-state index contributed by atoms with van der Waals surface area (Å²) in [5.41, 5.74) is 1.38. The molecule has 0 bridgehead atoms. The molecule has 0 radical (unpaired) electrons. The van der Waals surface area contributed by atoms with Gasteiger partial charge in [-0.25, -0.2) is 0 Å². The maximum Gasteiger partial charge on any atom is -0.00138 e. The van der Waals surface area contributed by atoms with Crippen molar-refractivity contribution < 1.29 is 0 Å². The summed E-state index contributed by atoms with van der Waals surface area (Å²) in [6, 6.07) is 34.2. The van der Waals surface area contributed by atoms with Crippen LogP contribution in [0.15, 0.2) is 91.0 Å². The van der Waals surface area contributed by atoms with Crippen molar-refractivity contribution in [3.05, 3.63) is 96.6 Å². The van der Waals surface area contributed by atoms with Gasteiger partial charge in [0.05, 0.1) is 0 Å². The molecule has 0 aromatic heterocycles. The van der Waals surface area contributed by atoms with E-state index in [0.717, 1.165) is 0 Å². The minimum Gasteiger partial charge on any atom is -0.0616 e. The van der Waals surface area contributed by atoms with Crippen LogP contribution < -0.4 is 0 Å². The monoisotopic (exact) mass is 390 g/mol. The molecule has 0 saturated carbocycles. The van der Waals surface area contributed by atoms with Crippen molar-refractivity contribution in [2.24, 2.45) is 0 Å². The van der Waals surface area contributed by atoms with E-state index in [2.05, 4.69) is 97.9 Å². The fraction of sp³-hybridized carbons (Fsp3) is 0.0323. The van der Waals surface area contributed by atoms with Gasteiger partial charge < -0.3 is 0 Å². The molecule has 0 amide bonds. The van der Waals surface area contributed by atoms with E-state index < -0.39 is 0 Å². The Morgan fingerprint density at radius 2 is 0.935 bits per heavy atom. The highest BCUT2D eigenvalue weighted by Crippen LogP contribution is 2.47. The predicted molar refractivity (Wildman–Crippen MR) is 136 cm³/mol. The lowest BCUT2D eigenvalue weighted by atomic mass is 9.83. The van der Waals surface area contributed by atoms with Crippen LogP contribution in [0.25, 0.3) is 75.4 Å². The van der Waals surface area contributed by atoms with Crippen LogP contribution in [-0.2, 0) is 0 Å². The smallest absolute Gasteiger partial charge is 0.00138 e. The molecule has 0 aliphatic carbocycles. The van der Waals surface area contributed by atoms with E-state index in [4.69, 9.17) is 0 Å². The van der Waals surface area contributed by atoms with Gasteiger partial charge in [-0.3, -0.25) is 0 Å². The molecule has 8 aromatic carbocycles. The van der Waals surface area contributed by atoms with Crippen molar-refractivity contribution in [3.8, 4) is 0 Å². The lowest BCUT2D eigenvalue weighted by molar-refractivity contribution is 1.60. The largest absolute Gasteiger partial charge is 0.0616 e. The Bertz CT molecular complexity index is 1990. The van der Waals surface area contributed by atoms with Gasteiger partial charge in [0.25, 0.3) is 0 Å². The summed E-state index contributed by atoms with van der Waals surface area (Å²) < 4.78 is 0. The highest BCUT2D eigenvalue weighted by atomic mass is 14.2. The van der Waals surface area contributed by atoms with Gasteiger partial charge in [0.1, 0.15) is 0 Å². The lowest BCUT2D eigenvalue weighted by Gasteiger charge is -2.20. The highest BCUT2D eigenvalue weighted by molar-refractivity contribution is 6.41. The quantitative estimate of drug-likeness (QED) is 0.179. The van der Waals surface area contributed by atoms with E-state index >= 15 is 0 Å². The molecule has 31 heavy (non-hydrogen) atoms. The first-order valence-electron chi connectivity index (χ1n) is 11.0. The normalized spacial score (nSPS) is 12.7. The van der Waals surface area contributed by atoms with E-state index in [9.17, 15) is 0 Å². The molecule has 0 nitrogen and oxygen atoms in total. The number of aryl methyl sites for hydroxylation is 1. The summed E-state index contributed by atoms with van der Waals surface area (Å²) in [5.74, 6) is 0. The zero-order valence-corrected chi connectivity index (χ0v) is 17.2. The van der Waals surface area contributed by atoms with Gasteiger partial charge in [-0.15, -0.1) is 0 Å². The SMILES string of the molecule is Cc1c2ccccc2c2cc3ccc4cc5ccccc5c5cc6ccc1c2c6c3c45. The van der Waals surface area contributed by atoms with Gasteiger partial charge >= 0.3 is 0 Å². The molecule has 0 unspecified atom stereocenters. The molecule has 0 aliphatic heterocycles. The maximum atomic E-state index is 2.43. The second-order valence-electron chi connectivity index (χ2n) is 8.96. The van der Waals surface area contributed by atoms with Crippen molar-refractivity contribution in [3.63, 3.8) is 0 Å². The molecule has 0 spiro atoms. The molecule has 0 atom stereocenters. The van der Waals surface area contributed by atoms with Crippen LogP contribution in [0.2, 0.25) is 0 Å². The van der Waals surface area contributed by atoms with E-state index in [1.54, 1.807) is 0 Å². The fourth-order valence-corrected chi connectivity index (χ4v) is 6.14. The van der Waals surface area contributed by atoms with E-state index in [1.165, 1.54) is 81.0 Å². The van der Waals surface area contributed by atoms with Crippen molar-refractivity contribution >= 4 is 75.4 Å². The summed E-state index contributed by atoms with van der Waals surface area (Å²) in [7, 11) is 0. The molecular weight excluding hydrogens is 372 g/mol. The second-order valence-corrected chi connectivity index (χ2v) is 8.96. The number of fused-ring (bicyclic) bond motifs is 4. The number of rotatable bonds is 0. The first kappa shape index (κ1) is 15.9. The average Bonchev–Trinajstić information content (AvgIpc) is 2.82. The van der Waals surface area contributed by atoms with E-state index in [1.807, 2.05) is 0 Å². The third kappa shape index (κ3) is 1.79. The molecule has 0 saturated heterocycles. The third-order valence-electron chi connectivity index (χ3n) is 7.48. The first-order chi connectivity index (χ1) is 15.3. The minimum atomic E-state index is 1.31. The predicted octanol–water partition coefficient (Wildman–Crippen LogP) is 8.94. The van der Waals surface area contributed by atoms with Crippen molar-refractivity contribution in [1.82, 2.24) is 0 Å². The van der Waals surface area contributed by atoms with Crippen molar-refractivity contribution in [1.29, 1.82) is 0 Å². The van der Waals surface area contributed by atoms with Crippen LogP contribution in [-0.4, -0.2) is 0 Å². The molecule has 8 aromatic rings.